The number of aryl methyl sites for hydroxylation is 1. The minimum absolute atomic E-state index is 0.0253. The lowest BCUT2D eigenvalue weighted by Gasteiger charge is -2.37. The van der Waals surface area contributed by atoms with E-state index in [1.54, 1.807) is 24.0 Å². The third-order valence-electron chi connectivity index (χ3n) is 4.41. The Balaban J connectivity index is 1.65. The average molecular weight is 348 g/mol. The Hall–Kier alpha value is -1.73. The maximum Gasteiger partial charge on any atom is 0.289 e. The summed E-state index contributed by atoms with van der Waals surface area (Å²) >= 11 is 1.59. The molecule has 130 valence electrons. The van der Waals surface area contributed by atoms with E-state index in [2.05, 4.69) is 4.98 Å². The number of likely N-dealkylation sites (tertiary alicyclic amines) is 1. The van der Waals surface area contributed by atoms with Crippen molar-refractivity contribution in [2.75, 3.05) is 6.54 Å². The average Bonchev–Trinajstić information content (AvgIpc) is 3.21. The highest BCUT2D eigenvalue weighted by Crippen LogP contribution is 2.25. The Morgan fingerprint density at radius 2 is 2.33 bits per heavy atom. The summed E-state index contributed by atoms with van der Waals surface area (Å²) in [5.74, 6) is 1.78. The Kier molecular flexibility index (Phi) is 5.30. The molecule has 2 N–H and O–H groups in total. The van der Waals surface area contributed by atoms with Gasteiger partial charge in [-0.1, -0.05) is 11.8 Å². The van der Waals surface area contributed by atoms with Gasteiger partial charge in [0.05, 0.1) is 5.75 Å². The third-order valence-corrected chi connectivity index (χ3v) is 5.49. The maximum atomic E-state index is 12.8. The van der Waals surface area contributed by atoms with Gasteiger partial charge < -0.3 is 19.6 Å². The lowest BCUT2D eigenvalue weighted by molar-refractivity contribution is 0.0550. The van der Waals surface area contributed by atoms with Crippen molar-refractivity contribution in [1.29, 1.82) is 0 Å². The van der Waals surface area contributed by atoms with Crippen LogP contribution in [0.1, 0.15) is 42.5 Å². The van der Waals surface area contributed by atoms with Gasteiger partial charge in [0.2, 0.25) is 0 Å². The number of hydrogen-bond donors (Lipinski definition) is 1. The minimum Gasteiger partial charge on any atom is -0.455 e. The SMILES string of the molecule is CC(N)C1CCCCN1C(=O)c1ccc(CSc2nccn2C)o1. The van der Waals surface area contributed by atoms with Crippen LogP contribution in [0.2, 0.25) is 0 Å². The second kappa shape index (κ2) is 7.44. The number of amides is 1. The minimum atomic E-state index is -0.0507. The molecule has 2 aromatic heterocycles. The van der Waals surface area contributed by atoms with Gasteiger partial charge in [-0.2, -0.15) is 0 Å². The number of thioether (sulfide) groups is 1. The second-order valence-electron chi connectivity index (χ2n) is 6.30. The molecule has 0 aliphatic carbocycles. The largest absolute Gasteiger partial charge is 0.455 e. The summed E-state index contributed by atoms with van der Waals surface area (Å²) in [7, 11) is 1.96. The van der Waals surface area contributed by atoms with Crippen LogP contribution in [0.15, 0.2) is 34.1 Å². The number of piperidine rings is 1. The first-order valence-corrected chi connectivity index (χ1v) is 9.30. The predicted molar refractivity (Wildman–Crippen MR) is 93.8 cm³/mol. The van der Waals surface area contributed by atoms with Crippen LogP contribution in [0, 0.1) is 0 Å². The van der Waals surface area contributed by atoms with Gasteiger partial charge in [-0.3, -0.25) is 4.79 Å². The second-order valence-corrected chi connectivity index (χ2v) is 7.24. The molecular formula is C17H24N4O2S. The number of carbonyl (C=O) groups is 1. The van der Waals surface area contributed by atoms with E-state index in [-0.39, 0.29) is 18.0 Å². The summed E-state index contributed by atoms with van der Waals surface area (Å²) in [5, 5.41) is 0.923. The first-order chi connectivity index (χ1) is 11.6. The van der Waals surface area contributed by atoms with Crippen LogP contribution in [0.25, 0.3) is 0 Å². The fraction of sp³-hybridized carbons (Fsp3) is 0.529. The molecule has 0 radical (unpaired) electrons. The molecule has 1 aliphatic rings. The van der Waals surface area contributed by atoms with Crippen LogP contribution in [0.4, 0.5) is 0 Å². The summed E-state index contributed by atoms with van der Waals surface area (Å²) in [4.78, 5) is 18.9. The number of carbonyl (C=O) groups excluding carboxylic acids is 1. The molecule has 0 spiro atoms. The quantitative estimate of drug-likeness (QED) is 0.841. The van der Waals surface area contributed by atoms with Crippen molar-refractivity contribution in [3.05, 3.63) is 36.0 Å². The van der Waals surface area contributed by atoms with Crippen molar-refractivity contribution < 1.29 is 9.21 Å². The molecule has 0 saturated carbocycles. The lowest BCUT2D eigenvalue weighted by atomic mass is 9.96. The molecule has 0 bridgehead atoms. The Bertz CT molecular complexity index is 694. The van der Waals surface area contributed by atoms with Crippen LogP contribution >= 0.6 is 11.8 Å². The van der Waals surface area contributed by atoms with Crippen molar-refractivity contribution in [3.63, 3.8) is 0 Å². The molecule has 2 atom stereocenters. The summed E-state index contributed by atoms with van der Waals surface area (Å²) in [5.41, 5.74) is 6.06. The Morgan fingerprint density at radius 3 is 3.04 bits per heavy atom. The molecule has 1 fully saturated rings. The zero-order valence-corrected chi connectivity index (χ0v) is 15.0. The molecule has 3 rings (SSSR count). The topological polar surface area (TPSA) is 77.3 Å². The van der Waals surface area contributed by atoms with E-state index >= 15 is 0 Å². The van der Waals surface area contributed by atoms with Gasteiger partial charge in [-0.05, 0) is 38.3 Å². The number of aromatic nitrogens is 2. The van der Waals surface area contributed by atoms with Gasteiger partial charge in [0.1, 0.15) is 5.76 Å². The number of nitrogens with two attached hydrogens (primary N) is 1. The first-order valence-electron chi connectivity index (χ1n) is 8.31. The summed E-state index contributed by atoms with van der Waals surface area (Å²) in [6, 6.07) is 3.71. The van der Waals surface area contributed by atoms with Crippen molar-refractivity contribution in [2.45, 2.75) is 49.2 Å². The van der Waals surface area contributed by atoms with Crippen LogP contribution in [0.3, 0.4) is 0 Å². The van der Waals surface area contributed by atoms with E-state index in [4.69, 9.17) is 10.2 Å². The highest BCUT2D eigenvalue weighted by atomic mass is 32.2. The zero-order chi connectivity index (χ0) is 17.1. The van der Waals surface area contributed by atoms with Crippen LogP contribution in [0.5, 0.6) is 0 Å². The summed E-state index contributed by atoms with van der Waals surface area (Å²) < 4.78 is 7.73. The van der Waals surface area contributed by atoms with E-state index in [0.717, 1.165) is 36.7 Å². The number of nitrogens with zero attached hydrogens (tertiary/aromatic N) is 3. The fourth-order valence-corrected chi connectivity index (χ4v) is 3.92. The standard InChI is InChI=1S/C17H24N4O2S/c1-12(18)14-5-3-4-9-21(14)16(22)15-7-6-13(23-15)11-24-17-19-8-10-20(17)2/h6-8,10,12,14H,3-5,9,11,18H2,1-2H3. The normalized spacial score (nSPS) is 19.5. The maximum absolute atomic E-state index is 12.8. The Morgan fingerprint density at radius 1 is 1.50 bits per heavy atom. The van der Waals surface area contributed by atoms with E-state index in [1.165, 1.54) is 0 Å². The van der Waals surface area contributed by atoms with Crippen LogP contribution in [-0.2, 0) is 12.8 Å². The molecule has 7 heteroatoms. The van der Waals surface area contributed by atoms with Gasteiger partial charge in [-0.25, -0.2) is 4.98 Å². The number of hydrogen-bond acceptors (Lipinski definition) is 5. The van der Waals surface area contributed by atoms with E-state index in [0.29, 0.717) is 11.5 Å². The van der Waals surface area contributed by atoms with E-state index in [1.807, 2.05) is 35.7 Å². The molecule has 1 saturated heterocycles. The Labute approximate surface area is 146 Å². The van der Waals surface area contributed by atoms with Crippen LogP contribution in [-0.4, -0.2) is 39.0 Å². The number of rotatable bonds is 5. The van der Waals surface area contributed by atoms with Gasteiger partial charge in [-0.15, -0.1) is 0 Å². The third kappa shape index (κ3) is 3.67. The molecule has 6 nitrogen and oxygen atoms in total. The van der Waals surface area contributed by atoms with Gasteiger partial charge in [0.25, 0.3) is 5.91 Å². The molecule has 2 unspecified atom stereocenters. The monoisotopic (exact) mass is 348 g/mol. The number of imidazole rings is 1. The predicted octanol–water partition coefficient (Wildman–Crippen LogP) is 2.65. The van der Waals surface area contributed by atoms with Gasteiger partial charge in [0.15, 0.2) is 10.9 Å². The smallest absolute Gasteiger partial charge is 0.289 e. The fourth-order valence-electron chi connectivity index (χ4n) is 3.09. The summed E-state index contributed by atoms with van der Waals surface area (Å²) in [6.07, 6.45) is 6.79. The van der Waals surface area contributed by atoms with Crippen molar-refractivity contribution in [2.24, 2.45) is 12.8 Å². The van der Waals surface area contributed by atoms with Crippen molar-refractivity contribution in [3.8, 4) is 0 Å². The van der Waals surface area contributed by atoms with Crippen LogP contribution < -0.4 is 5.73 Å². The van der Waals surface area contributed by atoms with Gasteiger partial charge >= 0.3 is 0 Å². The zero-order valence-electron chi connectivity index (χ0n) is 14.1. The van der Waals surface area contributed by atoms with Crippen molar-refractivity contribution >= 4 is 17.7 Å². The molecule has 1 aliphatic heterocycles. The molecule has 3 heterocycles. The first kappa shape index (κ1) is 17.1. The van der Waals surface area contributed by atoms with Crippen molar-refractivity contribution in [1.82, 2.24) is 14.5 Å². The van der Waals surface area contributed by atoms with E-state index < -0.39 is 0 Å². The lowest BCUT2D eigenvalue weighted by Crippen LogP contribution is -2.51. The molecule has 1 amide bonds. The summed E-state index contributed by atoms with van der Waals surface area (Å²) in [6.45, 7) is 2.72. The van der Waals surface area contributed by atoms with E-state index in [9.17, 15) is 4.79 Å². The highest BCUT2D eigenvalue weighted by Gasteiger charge is 2.31. The molecule has 24 heavy (non-hydrogen) atoms. The molecule has 0 aromatic carbocycles. The molecule has 2 aromatic rings. The highest BCUT2D eigenvalue weighted by molar-refractivity contribution is 7.98. The molecular weight excluding hydrogens is 324 g/mol. The van der Waals surface area contributed by atoms with Gasteiger partial charge in [0, 0.05) is 38.1 Å². The number of furan rings is 1.